The lowest BCUT2D eigenvalue weighted by Gasteiger charge is -2.45. The Hall–Kier alpha value is -0.960. The summed E-state index contributed by atoms with van der Waals surface area (Å²) in [7, 11) is 0. The molecule has 3 rings (SSSR count). The molecule has 0 aliphatic carbocycles. The van der Waals surface area contributed by atoms with Gasteiger partial charge in [-0.1, -0.05) is 0 Å². The van der Waals surface area contributed by atoms with Gasteiger partial charge in [-0.3, -0.25) is 0 Å². The summed E-state index contributed by atoms with van der Waals surface area (Å²) in [6.45, 7) is 5.93. The van der Waals surface area contributed by atoms with Crippen molar-refractivity contribution in [3.05, 3.63) is 24.0 Å². The van der Waals surface area contributed by atoms with Crippen molar-refractivity contribution in [1.82, 2.24) is 15.5 Å². The quantitative estimate of drug-likeness (QED) is 0.718. The van der Waals surface area contributed by atoms with E-state index >= 15 is 0 Å². The van der Waals surface area contributed by atoms with E-state index in [2.05, 4.69) is 33.9 Å². The monoisotopic (exact) mass is 233 g/mol. The van der Waals surface area contributed by atoms with Gasteiger partial charge in [0.15, 0.2) is 0 Å². The summed E-state index contributed by atoms with van der Waals surface area (Å²) in [6.07, 6.45) is 12.1. The van der Waals surface area contributed by atoms with E-state index in [4.69, 9.17) is 0 Å². The second kappa shape index (κ2) is 4.73. The zero-order valence-corrected chi connectivity index (χ0v) is 10.5. The Bertz CT molecular complexity index is 316. The van der Waals surface area contributed by atoms with Crippen LogP contribution in [0.3, 0.4) is 0 Å². The van der Waals surface area contributed by atoms with Gasteiger partial charge in [0.25, 0.3) is 0 Å². The van der Waals surface area contributed by atoms with Crippen molar-refractivity contribution in [3.8, 4) is 0 Å². The van der Waals surface area contributed by atoms with Crippen LogP contribution in [0.15, 0.2) is 24.0 Å². The number of nitrogens with one attached hydrogen (secondary N) is 2. The highest BCUT2D eigenvalue weighted by atomic mass is 15.1. The zero-order valence-electron chi connectivity index (χ0n) is 10.5. The van der Waals surface area contributed by atoms with E-state index in [1.807, 2.05) is 0 Å². The number of likely N-dealkylation sites (tertiary alicyclic amines) is 1. The molecule has 94 valence electrons. The number of rotatable bonds is 1. The molecule has 3 nitrogen and oxygen atoms in total. The molecule has 17 heavy (non-hydrogen) atoms. The second-order valence-electron chi connectivity index (χ2n) is 5.61. The third-order valence-electron chi connectivity index (χ3n) is 4.65. The van der Waals surface area contributed by atoms with Crippen LogP contribution in [0.1, 0.15) is 25.7 Å². The van der Waals surface area contributed by atoms with Crippen LogP contribution in [-0.2, 0) is 0 Å². The van der Waals surface area contributed by atoms with Crippen LogP contribution in [0, 0.1) is 5.41 Å². The van der Waals surface area contributed by atoms with Crippen LogP contribution in [0.2, 0.25) is 0 Å². The first-order valence-corrected chi connectivity index (χ1v) is 6.94. The van der Waals surface area contributed by atoms with Gasteiger partial charge in [-0.05, 0) is 62.5 Å². The van der Waals surface area contributed by atoms with E-state index in [1.54, 1.807) is 0 Å². The first-order valence-electron chi connectivity index (χ1n) is 6.94. The molecule has 0 unspecified atom stereocenters. The van der Waals surface area contributed by atoms with E-state index in [1.165, 1.54) is 57.6 Å². The highest BCUT2D eigenvalue weighted by molar-refractivity contribution is 5.21. The van der Waals surface area contributed by atoms with Crippen LogP contribution in [0.25, 0.3) is 0 Å². The minimum absolute atomic E-state index is 0.666. The van der Waals surface area contributed by atoms with Gasteiger partial charge in [-0.2, -0.15) is 0 Å². The van der Waals surface area contributed by atoms with Crippen molar-refractivity contribution in [2.24, 2.45) is 5.41 Å². The predicted molar refractivity (Wildman–Crippen MR) is 70.6 cm³/mol. The number of dihydropyridines is 1. The smallest absolute Gasteiger partial charge is 0.0357 e. The van der Waals surface area contributed by atoms with Crippen molar-refractivity contribution < 1.29 is 0 Å². The molecular formula is C14H23N3. The lowest BCUT2D eigenvalue weighted by Crippen LogP contribution is -2.45. The number of allylic oxidation sites excluding steroid dienone is 1. The lowest BCUT2D eigenvalue weighted by atomic mass is 9.71. The number of piperidine rings is 2. The van der Waals surface area contributed by atoms with E-state index < -0.39 is 0 Å². The Morgan fingerprint density at radius 3 is 2.47 bits per heavy atom. The molecule has 0 atom stereocenters. The molecule has 3 aliphatic heterocycles. The maximum atomic E-state index is 3.49. The third kappa shape index (κ3) is 2.34. The molecule has 0 bridgehead atoms. The van der Waals surface area contributed by atoms with E-state index in [9.17, 15) is 0 Å². The molecule has 1 spiro atoms. The maximum Gasteiger partial charge on any atom is 0.0357 e. The number of nitrogens with zero attached hydrogens (tertiary/aromatic N) is 1. The summed E-state index contributed by atoms with van der Waals surface area (Å²) < 4.78 is 0. The standard InChI is InChI=1S/C14H23N3/c1-7-15-8-2-13(1)17-11-5-14(6-12-17)3-9-16-10-4-14/h1-2,7,15-16H,3-6,8-12H2. The minimum Gasteiger partial charge on any atom is -0.387 e. The van der Waals surface area contributed by atoms with Crippen LogP contribution in [-0.4, -0.2) is 37.6 Å². The van der Waals surface area contributed by atoms with E-state index in [0.29, 0.717) is 5.41 Å². The largest absolute Gasteiger partial charge is 0.387 e. The molecule has 2 fully saturated rings. The summed E-state index contributed by atoms with van der Waals surface area (Å²) in [5.74, 6) is 0. The van der Waals surface area contributed by atoms with Crippen LogP contribution < -0.4 is 10.6 Å². The van der Waals surface area contributed by atoms with Crippen molar-refractivity contribution in [2.75, 3.05) is 32.7 Å². The van der Waals surface area contributed by atoms with Crippen molar-refractivity contribution in [1.29, 1.82) is 0 Å². The van der Waals surface area contributed by atoms with Gasteiger partial charge in [-0.25, -0.2) is 0 Å². The van der Waals surface area contributed by atoms with Crippen LogP contribution in [0.4, 0.5) is 0 Å². The van der Waals surface area contributed by atoms with Gasteiger partial charge in [0.05, 0.1) is 0 Å². The molecule has 3 heteroatoms. The summed E-state index contributed by atoms with van der Waals surface area (Å²) in [6, 6.07) is 0. The molecule has 0 aromatic heterocycles. The highest BCUT2D eigenvalue weighted by Crippen LogP contribution is 2.40. The van der Waals surface area contributed by atoms with Crippen LogP contribution >= 0.6 is 0 Å². The Labute approximate surface area is 104 Å². The van der Waals surface area contributed by atoms with Gasteiger partial charge in [0, 0.05) is 25.3 Å². The molecule has 2 N–H and O–H groups in total. The minimum atomic E-state index is 0.666. The van der Waals surface area contributed by atoms with Crippen molar-refractivity contribution in [3.63, 3.8) is 0 Å². The number of hydrogen-bond acceptors (Lipinski definition) is 3. The highest BCUT2D eigenvalue weighted by Gasteiger charge is 2.35. The second-order valence-corrected chi connectivity index (χ2v) is 5.61. The Morgan fingerprint density at radius 2 is 1.82 bits per heavy atom. The summed E-state index contributed by atoms with van der Waals surface area (Å²) >= 11 is 0. The Morgan fingerprint density at radius 1 is 1.06 bits per heavy atom. The average molecular weight is 233 g/mol. The molecule has 3 aliphatic rings. The third-order valence-corrected chi connectivity index (χ3v) is 4.65. The predicted octanol–water partition coefficient (Wildman–Crippen LogP) is 1.45. The normalized spacial score (nSPS) is 27.8. The van der Waals surface area contributed by atoms with Gasteiger partial charge in [-0.15, -0.1) is 0 Å². The van der Waals surface area contributed by atoms with E-state index in [0.717, 1.165) is 6.54 Å². The maximum absolute atomic E-state index is 3.49. The molecule has 0 radical (unpaired) electrons. The first-order chi connectivity index (χ1) is 8.38. The summed E-state index contributed by atoms with van der Waals surface area (Å²) in [4.78, 5) is 2.56. The van der Waals surface area contributed by atoms with Gasteiger partial charge in [0.1, 0.15) is 0 Å². The molecule has 0 saturated carbocycles. The van der Waals surface area contributed by atoms with Crippen molar-refractivity contribution in [2.45, 2.75) is 25.7 Å². The topological polar surface area (TPSA) is 27.3 Å². The van der Waals surface area contributed by atoms with Gasteiger partial charge < -0.3 is 15.5 Å². The summed E-state index contributed by atoms with van der Waals surface area (Å²) in [5.41, 5.74) is 2.09. The van der Waals surface area contributed by atoms with E-state index in [-0.39, 0.29) is 0 Å². The SMILES string of the molecule is C1=CC(N2CCC3(CCNCC3)CC2)=CCN1. The lowest BCUT2D eigenvalue weighted by molar-refractivity contribution is 0.0926. The fourth-order valence-electron chi connectivity index (χ4n) is 3.37. The molecule has 3 heterocycles. The molecular weight excluding hydrogens is 210 g/mol. The molecule has 2 saturated heterocycles. The molecule has 0 aromatic rings. The Kier molecular flexibility index (Phi) is 3.10. The first kappa shape index (κ1) is 11.1. The van der Waals surface area contributed by atoms with Gasteiger partial charge in [0.2, 0.25) is 0 Å². The molecule has 0 aromatic carbocycles. The van der Waals surface area contributed by atoms with Gasteiger partial charge >= 0.3 is 0 Å². The Balaban J connectivity index is 1.60. The van der Waals surface area contributed by atoms with Crippen LogP contribution in [0.5, 0.6) is 0 Å². The average Bonchev–Trinajstić information content (AvgIpc) is 2.42. The molecule has 0 amide bonds. The fourth-order valence-corrected chi connectivity index (χ4v) is 3.37. The fraction of sp³-hybridized carbons (Fsp3) is 0.714. The van der Waals surface area contributed by atoms with Crippen molar-refractivity contribution >= 4 is 0 Å². The zero-order chi connectivity index (χ0) is 11.6. The number of hydrogen-bond donors (Lipinski definition) is 2. The summed E-state index contributed by atoms with van der Waals surface area (Å²) in [5, 5.41) is 6.71.